The second-order valence-corrected chi connectivity index (χ2v) is 5.65. The predicted octanol–water partition coefficient (Wildman–Crippen LogP) is 0.482. The van der Waals surface area contributed by atoms with Crippen LogP contribution >= 0.6 is 0 Å². The first-order valence-electron chi connectivity index (χ1n) is 6.88. The predicted molar refractivity (Wildman–Crippen MR) is 78.0 cm³/mol. The lowest BCUT2D eigenvalue weighted by Crippen LogP contribution is -2.54. The van der Waals surface area contributed by atoms with Crippen LogP contribution < -0.4 is 11.1 Å². The van der Waals surface area contributed by atoms with Gasteiger partial charge in [-0.15, -0.1) is 0 Å². The van der Waals surface area contributed by atoms with Crippen molar-refractivity contribution in [3.63, 3.8) is 0 Å². The summed E-state index contributed by atoms with van der Waals surface area (Å²) in [5.74, 6) is -0.130. The Kier molecular flexibility index (Phi) is 4.75. The number of carbonyl (C=O) groups excluding carboxylic acids is 1. The smallest absolute Gasteiger partial charge is 0.242 e. The first-order chi connectivity index (χ1) is 9.51. The summed E-state index contributed by atoms with van der Waals surface area (Å²) in [4.78, 5) is 14.3. The summed E-state index contributed by atoms with van der Waals surface area (Å²) in [6.45, 7) is 2.21. The third-order valence-corrected chi connectivity index (χ3v) is 3.55. The fourth-order valence-electron chi connectivity index (χ4n) is 2.34. The van der Waals surface area contributed by atoms with E-state index >= 15 is 0 Å². The fourth-order valence-corrected chi connectivity index (χ4v) is 2.34. The van der Waals surface area contributed by atoms with Crippen molar-refractivity contribution in [1.82, 2.24) is 10.2 Å². The Morgan fingerprint density at radius 3 is 2.70 bits per heavy atom. The molecule has 1 fully saturated rings. The lowest BCUT2D eigenvalue weighted by molar-refractivity contribution is -0.126. The van der Waals surface area contributed by atoms with Crippen molar-refractivity contribution < 1.29 is 9.53 Å². The van der Waals surface area contributed by atoms with E-state index in [-0.39, 0.29) is 5.91 Å². The second kappa shape index (κ2) is 6.35. The molecule has 1 unspecified atom stereocenters. The first kappa shape index (κ1) is 15.0. The first-order valence-corrected chi connectivity index (χ1v) is 6.88. The van der Waals surface area contributed by atoms with Gasteiger partial charge in [0.2, 0.25) is 5.91 Å². The topological polar surface area (TPSA) is 67.6 Å². The normalized spacial score (nSPS) is 22.2. The van der Waals surface area contributed by atoms with Gasteiger partial charge in [0.15, 0.2) is 0 Å². The molecule has 0 aliphatic carbocycles. The van der Waals surface area contributed by atoms with Gasteiger partial charge < -0.3 is 20.7 Å². The maximum absolute atomic E-state index is 12.1. The van der Waals surface area contributed by atoms with Gasteiger partial charge in [0, 0.05) is 19.7 Å². The molecule has 0 spiro atoms. The second-order valence-electron chi connectivity index (χ2n) is 5.65. The van der Waals surface area contributed by atoms with Crippen molar-refractivity contribution in [2.45, 2.75) is 25.0 Å². The molecule has 1 aromatic carbocycles. The van der Waals surface area contributed by atoms with E-state index in [1.165, 1.54) is 5.56 Å². The molecule has 1 heterocycles. The molecule has 5 nitrogen and oxygen atoms in total. The quantitative estimate of drug-likeness (QED) is 0.821. The van der Waals surface area contributed by atoms with Gasteiger partial charge in [0.1, 0.15) is 5.54 Å². The van der Waals surface area contributed by atoms with Gasteiger partial charge in [-0.1, -0.05) is 24.3 Å². The lowest BCUT2D eigenvalue weighted by Gasteiger charge is -2.21. The lowest BCUT2D eigenvalue weighted by atomic mass is 9.99. The molecule has 1 atom stereocenters. The van der Waals surface area contributed by atoms with E-state index in [1.54, 1.807) is 0 Å². The van der Waals surface area contributed by atoms with Gasteiger partial charge in [-0.3, -0.25) is 4.79 Å². The minimum Gasteiger partial charge on any atom is -0.379 e. The van der Waals surface area contributed by atoms with Gasteiger partial charge in [-0.05, 0) is 31.6 Å². The number of carbonyl (C=O) groups is 1. The Bertz CT molecular complexity index is 468. The Labute approximate surface area is 120 Å². The number of benzene rings is 1. The highest BCUT2D eigenvalue weighted by molar-refractivity contribution is 5.86. The molecule has 3 N–H and O–H groups in total. The van der Waals surface area contributed by atoms with Crippen LogP contribution in [0.1, 0.15) is 17.5 Å². The fraction of sp³-hybridized carbons (Fsp3) is 0.533. The van der Waals surface area contributed by atoms with Crippen molar-refractivity contribution in [3.05, 3.63) is 35.4 Å². The number of amides is 1. The highest BCUT2D eigenvalue weighted by atomic mass is 16.5. The molecule has 0 aromatic heterocycles. The summed E-state index contributed by atoms with van der Waals surface area (Å²) >= 11 is 0. The number of hydrogen-bond acceptors (Lipinski definition) is 4. The summed E-state index contributed by atoms with van der Waals surface area (Å²) in [5.41, 5.74) is 7.51. The number of nitrogens with one attached hydrogen (secondary N) is 1. The summed E-state index contributed by atoms with van der Waals surface area (Å²) in [6.07, 6.45) is 0.582. The molecule has 0 radical (unpaired) electrons. The Balaban J connectivity index is 1.98. The van der Waals surface area contributed by atoms with Crippen LogP contribution in [-0.4, -0.2) is 43.7 Å². The summed E-state index contributed by atoms with van der Waals surface area (Å²) in [5, 5.41) is 2.93. The molecule has 1 aromatic rings. The van der Waals surface area contributed by atoms with Crippen LogP contribution in [0.15, 0.2) is 24.3 Å². The molecule has 0 bridgehead atoms. The average Bonchev–Trinajstić information content (AvgIpc) is 2.85. The third-order valence-electron chi connectivity index (χ3n) is 3.55. The van der Waals surface area contributed by atoms with Crippen molar-refractivity contribution in [2.24, 2.45) is 5.73 Å². The largest absolute Gasteiger partial charge is 0.379 e. The molecule has 1 aliphatic rings. The van der Waals surface area contributed by atoms with Gasteiger partial charge in [0.25, 0.3) is 0 Å². The molecule has 1 amide bonds. The molecule has 20 heavy (non-hydrogen) atoms. The summed E-state index contributed by atoms with van der Waals surface area (Å²) < 4.78 is 5.22. The maximum atomic E-state index is 12.1. The van der Waals surface area contributed by atoms with E-state index in [2.05, 4.69) is 16.3 Å². The van der Waals surface area contributed by atoms with Crippen molar-refractivity contribution in [3.8, 4) is 0 Å². The van der Waals surface area contributed by atoms with Crippen LogP contribution in [-0.2, 0) is 22.6 Å². The van der Waals surface area contributed by atoms with E-state index in [0.29, 0.717) is 26.2 Å². The number of rotatable bonds is 5. The number of hydrogen-bond donors (Lipinski definition) is 2. The van der Waals surface area contributed by atoms with E-state index in [0.717, 1.165) is 12.1 Å². The van der Waals surface area contributed by atoms with Crippen molar-refractivity contribution in [2.75, 3.05) is 27.3 Å². The van der Waals surface area contributed by atoms with E-state index in [1.807, 2.05) is 32.3 Å². The van der Waals surface area contributed by atoms with Gasteiger partial charge in [-0.2, -0.15) is 0 Å². The van der Waals surface area contributed by atoms with Crippen LogP contribution in [0.25, 0.3) is 0 Å². The van der Waals surface area contributed by atoms with Gasteiger partial charge in [-0.25, -0.2) is 0 Å². The van der Waals surface area contributed by atoms with Crippen LogP contribution in [0.2, 0.25) is 0 Å². The van der Waals surface area contributed by atoms with E-state index in [9.17, 15) is 4.79 Å². The van der Waals surface area contributed by atoms with Gasteiger partial charge in [0.05, 0.1) is 6.61 Å². The zero-order valence-electron chi connectivity index (χ0n) is 12.2. The highest BCUT2D eigenvalue weighted by Crippen LogP contribution is 2.16. The van der Waals surface area contributed by atoms with Crippen molar-refractivity contribution in [1.29, 1.82) is 0 Å². The monoisotopic (exact) mass is 277 g/mol. The molecule has 5 heteroatoms. The molecular formula is C15H23N3O2. The average molecular weight is 277 g/mol. The van der Waals surface area contributed by atoms with Crippen LogP contribution in [0.5, 0.6) is 0 Å². The van der Waals surface area contributed by atoms with E-state index < -0.39 is 5.54 Å². The standard InChI is InChI=1S/C15H23N3O2/c1-18(2)10-13-6-4-3-5-12(13)9-17-14(19)15(16)7-8-20-11-15/h3-6H,7-11,16H2,1-2H3,(H,17,19). The minimum absolute atomic E-state index is 0.130. The van der Waals surface area contributed by atoms with Gasteiger partial charge >= 0.3 is 0 Å². The van der Waals surface area contributed by atoms with Crippen LogP contribution in [0.4, 0.5) is 0 Å². The molecule has 1 aliphatic heterocycles. The Hall–Kier alpha value is -1.43. The van der Waals surface area contributed by atoms with Crippen LogP contribution in [0, 0.1) is 0 Å². The summed E-state index contributed by atoms with van der Waals surface area (Å²) in [6, 6.07) is 8.11. The molecule has 2 rings (SSSR count). The number of nitrogens with two attached hydrogens (primary N) is 1. The van der Waals surface area contributed by atoms with Crippen LogP contribution in [0.3, 0.4) is 0 Å². The number of nitrogens with zero attached hydrogens (tertiary/aromatic N) is 1. The van der Waals surface area contributed by atoms with Crippen molar-refractivity contribution >= 4 is 5.91 Å². The summed E-state index contributed by atoms with van der Waals surface area (Å²) in [7, 11) is 4.06. The molecule has 0 saturated carbocycles. The van der Waals surface area contributed by atoms with E-state index in [4.69, 9.17) is 10.5 Å². The molecule has 1 saturated heterocycles. The zero-order chi connectivity index (χ0) is 14.6. The third kappa shape index (κ3) is 3.56. The maximum Gasteiger partial charge on any atom is 0.242 e. The highest BCUT2D eigenvalue weighted by Gasteiger charge is 2.37. The SMILES string of the molecule is CN(C)Cc1ccccc1CNC(=O)C1(N)CCOC1. The molecule has 110 valence electrons. The Morgan fingerprint density at radius 2 is 2.10 bits per heavy atom. The Morgan fingerprint density at radius 1 is 1.40 bits per heavy atom. The zero-order valence-corrected chi connectivity index (χ0v) is 12.2. The number of ether oxygens (including phenoxy) is 1. The minimum atomic E-state index is -0.865. The molecular weight excluding hydrogens is 254 g/mol.